The molecule has 2 rings (SSSR count). The van der Waals surface area contributed by atoms with Crippen LogP contribution in [0.4, 0.5) is 0 Å². The molecule has 0 amide bonds. The molecule has 0 aromatic heterocycles. The van der Waals surface area contributed by atoms with E-state index in [9.17, 15) is 0 Å². The van der Waals surface area contributed by atoms with E-state index in [2.05, 4.69) is 44.0 Å². The number of benzene rings is 1. The predicted molar refractivity (Wildman–Crippen MR) is 92.2 cm³/mol. The Bertz CT molecular complexity index is 482. The van der Waals surface area contributed by atoms with E-state index in [1.54, 1.807) is 0 Å². The van der Waals surface area contributed by atoms with Gasteiger partial charge in [-0.15, -0.1) is 0 Å². The zero-order chi connectivity index (χ0) is 15.6. The van der Waals surface area contributed by atoms with Crippen LogP contribution in [0.2, 0.25) is 10.0 Å². The summed E-state index contributed by atoms with van der Waals surface area (Å²) in [5.74, 6) is 0. The van der Waals surface area contributed by atoms with Crippen LogP contribution in [0.3, 0.4) is 0 Å². The van der Waals surface area contributed by atoms with Gasteiger partial charge in [-0.25, -0.2) is 0 Å². The first-order valence-corrected chi connectivity index (χ1v) is 8.48. The average Bonchev–Trinajstić information content (AvgIpc) is 2.43. The third-order valence-electron chi connectivity index (χ3n) is 4.45. The number of rotatable bonds is 3. The smallest absolute Gasteiger partial charge is 0.0637 e. The minimum atomic E-state index is 0.259. The molecule has 1 heterocycles. The van der Waals surface area contributed by atoms with Crippen molar-refractivity contribution in [3.8, 4) is 0 Å². The Labute approximate surface area is 138 Å². The second-order valence-corrected chi connectivity index (χ2v) is 7.82. The Morgan fingerprint density at radius 1 is 1.29 bits per heavy atom. The summed E-state index contributed by atoms with van der Waals surface area (Å²) >= 11 is 12.5. The van der Waals surface area contributed by atoms with Gasteiger partial charge in [0, 0.05) is 31.7 Å². The van der Waals surface area contributed by atoms with Crippen LogP contribution in [0.25, 0.3) is 0 Å². The maximum Gasteiger partial charge on any atom is 0.0637 e. The number of hydrogen-bond acceptors (Lipinski definition) is 2. The molecule has 0 bridgehead atoms. The summed E-state index contributed by atoms with van der Waals surface area (Å²) in [6.07, 6.45) is 1.14. The van der Waals surface area contributed by atoms with Crippen LogP contribution in [0, 0.1) is 5.41 Å². The van der Waals surface area contributed by atoms with Gasteiger partial charge in [-0.3, -0.25) is 4.90 Å². The summed E-state index contributed by atoms with van der Waals surface area (Å²) in [6, 6.07) is 6.96. The SMILES string of the molecule is CCC1CNC(C(C)(C)C)CN1Cc1cccc(Cl)c1Cl. The molecule has 2 nitrogen and oxygen atoms in total. The molecule has 1 aliphatic heterocycles. The highest BCUT2D eigenvalue weighted by atomic mass is 35.5. The number of hydrogen-bond donors (Lipinski definition) is 1. The van der Waals surface area contributed by atoms with Crippen molar-refractivity contribution >= 4 is 23.2 Å². The molecule has 21 heavy (non-hydrogen) atoms. The van der Waals surface area contributed by atoms with Gasteiger partial charge in [0.15, 0.2) is 0 Å². The van der Waals surface area contributed by atoms with Crippen molar-refractivity contribution in [3.63, 3.8) is 0 Å². The van der Waals surface area contributed by atoms with Crippen molar-refractivity contribution in [1.29, 1.82) is 0 Å². The molecule has 1 saturated heterocycles. The standard InChI is InChI=1S/C17H26Cl2N2/c1-5-13-9-20-15(17(2,3)4)11-21(13)10-12-7-6-8-14(18)16(12)19/h6-8,13,15,20H,5,9-11H2,1-4H3. The van der Waals surface area contributed by atoms with Gasteiger partial charge in [-0.05, 0) is 23.5 Å². The number of nitrogens with one attached hydrogen (secondary N) is 1. The molecule has 1 fully saturated rings. The second-order valence-electron chi connectivity index (χ2n) is 7.03. The number of halogens is 2. The average molecular weight is 329 g/mol. The van der Waals surface area contributed by atoms with E-state index in [1.807, 2.05) is 12.1 Å². The molecule has 0 saturated carbocycles. The van der Waals surface area contributed by atoms with Crippen molar-refractivity contribution in [2.24, 2.45) is 5.41 Å². The van der Waals surface area contributed by atoms with E-state index in [0.29, 0.717) is 22.1 Å². The normalized spacial score (nSPS) is 24.3. The molecule has 2 atom stereocenters. The molecule has 0 aliphatic carbocycles. The first-order chi connectivity index (χ1) is 9.82. The van der Waals surface area contributed by atoms with Crippen LogP contribution < -0.4 is 5.32 Å². The Balaban J connectivity index is 2.16. The van der Waals surface area contributed by atoms with E-state index in [1.165, 1.54) is 0 Å². The summed E-state index contributed by atoms with van der Waals surface area (Å²) in [5, 5.41) is 5.04. The van der Waals surface area contributed by atoms with Crippen LogP contribution in [0.5, 0.6) is 0 Å². The molecule has 1 aromatic carbocycles. The molecule has 1 aliphatic rings. The molecule has 0 spiro atoms. The lowest BCUT2D eigenvalue weighted by Crippen LogP contribution is -2.59. The molecule has 118 valence electrons. The highest BCUT2D eigenvalue weighted by Gasteiger charge is 2.33. The molecule has 1 N–H and O–H groups in total. The van der Waals surface area contributed by atoms with Crippen molar-refractivity contribution in [2.45, 2.75) is 52.7 Å². The van der Waals surface area contributed by atoms with E-state index in [4.69, 9.17) is 23.2 Å². The van der Waals surface area contributed by atoms with Gasteiger partial charge in [-0.2, -0.15) is 0 Å². The lowest BCUT2D eigenvalue weighted by molar-refractivity contribution is 0.0775. The molecular weight excluding hydrogens is 303 g/mol. The number of nitrogens with zero attached hydrogens (tertiary/aromatic N) is 1. The minimum absolute atomic E-state index is 0.259. The van der Waals surface area contributed by atoms with Crippen LogP contribution >= 0.6 is 23.2 Å². The summed E-state index contributed by atoms with van der Waals surface area (Å²) in [7, 11) is 0. The fraction of sp³-hybridized carbons (Fsp3) is 0.647. The summed E-state index contributed by atoms with van der Waals surface area (Å²) in [4.78, 5) is 2.55. The molecule has 0 radical (unpaired) electrons. The Hall–Kier alpha value is -0.280. The Morgan fingerprint density at radius 2 is 2.00 bits per heavy atom. The maximum absolute atomic E-state index is 6.36. The largest absolute Gasteiger partial charge is 0.311 e. The van der Waals surface area contributed by atoms with Gasteiger partial charge in [0.2, 0.25) is 0 Å². The molecular formula is C17H26Cl2N2. The van der Waals surface area contributed by atoms with Crippen LogP contribution in [0.15, 0.2) is 18.2 Å². The fourth-order valence-electron chi connectivity index (χ4n) is 2.92. The minimum Gasteiger partial charge on any atom is -0.311 e. The lowest BCUT2D eigenvalue weighted by Gasteiger charge is -2.45. The van der Waals surface area contributed by atoms with Gasteiger partial charge >= 0.3 is 0 Å². The van der Waals surface area contributed by atoms with Crippen LogP contribution in [-0.2, 0) is 6.54 Å². The van der Waals surface area contributed by atoms with E-state index >= 15 is 0 Å². The molecule has 1 aromatic rings. The third kappa shape index (κ3) is 4.13. The molecule has 4 heteroatoms. The first-order valence-electron chi connectivity index (χ1n) is 7.73. The van der Waals surface area contributed by atoms with E-state index < -0.39 is 0 Å². The highest BCUT2D eigenvalue weighted by Crippen LogP contribution is 2.29. The maximum atomic E-state index is 6.36. The summed E-state index contributed by atoms with van der Waals surface area (Å²) < 4.78 is 0. The Kier molecular flexibility index (Phi) is 5.59. The van der Waals surface area contributed by atoms with Crippen molar-refractivity contribution in [3.05, 3.63) is 33.8 Å². The van der Waals surface area contributed by atoms with Crippen LogP contribution in [-0.4, -0.2) is 30.1 Å². The zero-order valence-corrected chi connectivity index (χ0v) is 14.9. The highest BCUT2D eigenvalue weighted by molar-refractivity contribution is 6.42. The summed E-state index contributed by atoms with van der Waals surface area (Å²) in [6.45, 7) is 12.1. The van der Waals surface area contributed by atoms with Gasteiger partial charge in [0.25, 0.3) is 0 Å². The van der Waals surface area contributed by atoms with E-state index in [-0.39, 0.29) is 5.41 Å². The van der Waals surface area contributed by atoms with Gasteiger partial charge in [-0.1, -0.05) is 63.0 Å². The van der Waals surface area contributed by atoms with Crippen molar-refractivity contribution in [1.82, 2.24) is 10.2 Å². The predicted octanol–water partition coefficient (Wildman–Crippen LogP) is 4.59. The lowest BCUT2D eigenvalue weighted by atomic mass is 9.84. The van der Waals surface area contributed by atoms with Crippen molar-refractivity contribution in [2.75, 3.05) is 13.1 Å². The van der Waals surface area contributed by atoms with Gasteiger partial charge in [0.05, 0.1) is 10.0 Å². The number of piperazine rings is 1. The topological polar surface area (TPSA) is 15.3 Å². The quantitative estimate of drug-likeness (QED) is 0.872. The Morgan fingerprint density at radius 3 is 2.62 bits per heavy atom. The zero-order valence-electron chi connectivity index (χ0n) is 13.4. The monoisotopic (exact) mass is 328 g/mol. The third-order valence-corrected chi connectivity index (χ3v) is 5.31. The van der Waals surface area contributed by atoms with E-state index in [0.717, 1.165) is 31.6 Å². The van der Waals surface area contributed by atoms with Gasteiger partial charge in [0.1, 0.15) is 0 Å². The second kappa shape index (κ2) is 6.87. The van der Waals surface area contributed by atoms with Gasteiger partial charge < -0.3 is 5.32 Å². The summed E-state index contributed by atoms with van der Waals surface area (Å²) in [5.41, 5.74) is 1.38. The van der Waals surface area contributed by atoms with Crippen LogP contribution in [0.1, 0.15) is 39.7 Å². The first kappa shape index (κ1) is 17.1. The fourth-order valence-corrected chi connectivity index (χ4v) is 3.30. The van der Waals surface area contributed by atoms with Crippen molar-refractivity contribution < 1.29 is 0 Å². The molecule has 2 unspecified atom stereocenters.